The third-order valence-corrected chi connectivity index (χ3v) is 6.05. The summed E-state index contributed by atoms with van der Waals surface area (Å²) in [4.78, 5) is 37.5. The Morgan fingerprint density at radius 2 is 1.37 bits per heavy atom. The van der Waals surface area contributed by atoms with Crippen molar-refractivity contribution < 1.29 is 19.1 Å². The van der Waals surface area contributed by atoms with Crippen LogP contribution >= 0.6 is 15.9 Å². The van der Waals surface area contributed by atoms with E-state index in [2.05, 4.69) is 31.8 Å². The molecule has 0 heterocycles. The summed E-state index contributed by atoms with van der Waals surface area (Å²) in [6.07, 6.45) is 1.46. The maximum absolute atomic E-state index is 13.0. The number of ether oxygens (including phenoxy) is 1. The lowest BCUT2D eigenvalue weighted by Gasteiger charge is -2.17. The monoisotopic (exact) mass is 569 g/mol. The van der Waals surface area contributed by atoms with Crippen LogP contribution in [0.4, 0.5) is 0 Å². The Labute approximate surface area is 228 Å². The SMILES string of the molecule is O=C(CNC(=O)C(c1ccccc1)c1ccccc1)NN=Cc1ccc(OC(=O)c2ccc(Br)cc2)cc1. The third-order valence-electron chi connectivity index (χ3n) is 5.52. The number of carbonyl (C=O) groups excluding carboxylic acids is 3. The largest absolute Gasteiger partial charge is 0.423 e. The number of esters is 1. The summed E-state index contributed by atoms with van der Waals surface area (Å²) in [7, 11) is 0. The van der Waals surface area contributed by atoms with Gasteiger partial charge in [-0.25, -0.2) is 10.2 Å². The summed E-state index contributed by atoms with van der Waals surface area (Å²) in [5.41, 5.74) is 5.20. The first-order valence-corrected chi connectivity index (χ1v) is 12.6. The minimum absolute atomic E-state index is 0.225. The highest BCUT2D eigenvalue weighted by Crippen LogP contribution is 2.24. The number of hydrazone groups is 1. The van der Waals surface area contributed by atoms with E-state index in [9.17, 15) is 14.4 Å². The number of rotatable bonds is 9. The van der Waals surface area contributed by atoms with Crippen molar-refractivity contribution in [3.05, 3.63) is 136 Å². The van der Waals surface area contributed by atoms with Gasteiger partial charge in [0, 0.05) is 4.47 Å². The third kappa shape index (κ3) is 7.47. The first kappa shape index (κ1) is 26.5. The highest BCUT2D eigenvalue weighted by molar-refractivity contribution is 9.10. The lowest BCUT2D eigenvalue weighted by Crippen LogP contribution is -2.37. The molecule has 4 rings (SSSR count). The molecule has 0 aliphatic heterocycles. The van der Waals surface area contributed by atoms with Gasteiger partial charge in [-0.2, -0.15) is 5.10 Å². The highest BCUT2D eigenvalue weighted by Gasteiger charge is 2.22. The number of benzene rings is 4. The molecule has 0 radical (unpaired) electrons. The molecule has 190 valence electrons. The standard InChI is InChI=1S/C30H24BrN3O4/c31-25-15-13-24(14-16-25)30(37)38-26-17-11-21(12-18-26)19-33-34-27(35)20-32-29(36)28(22-7-3-1-4-8-22)23-9-5-2-6-10-23/h1-19,28H,20H2,(H,32,36)(H,34,35). The van der Waals surface area contributed by atoms with Crippen LogP contribution < -0.4 is 15.5 Å². The molecule has 0 spiro atoms. The number of carbonyl (C=O) groups is 3. The zero-order chi connectivity index (χ0) is 26.7. The van der Waals surface area contributed by atoms with E-state index < -0.39 is 17.8 Å². The van der Waals surface area contributed by atoms with Crippen molar-refractivity contribution in [2.24, 2.45) is 5.10 Å². The summed E-state index contributed by atoms with van der Waals surface area (Å²) in [6, 6.07) is 32.3. The van der Waals surface area contributed by atoms with Gasteiger partial charge in [0.25, 0.3) is 5.91 Å². The minimum Gasteiger partial charge on any atom is -0.423 e. The lowest BCUT2D eigenvalue weighted by molar-refractivity contribution is -0.126. The van der Waals surface area contributed by atoms with E-state index in [0.29, 0.717) is 16.9 Å². The maximum Gasteiger partial charge on any atom is 0.343 e. The summed E-state index contributed by atoms with van der Waals surface area (Å²) in [5.74, 6) is -1.36. The van der Waals surface area contributed by atoms with Crippen LogP contribution in [0, 0.1) is 0 Å². The van der Waals surface area contributed by atoms with E-state index in [-0.39, 0.29) is 12.5 Å². The van der Waals surface area contributed by atoms with Crippen molar-refractivity contribution in [2.75, 3.05) is 6.54 Å². The van der Waals surface area contributed by atoms with Crippen LogP contribution in [0.2, 0.25) is 0 Å². The second kappa shape index (κ2) is 13.1. The number of amides is 2. The van der Waals surface area contributed by atoms with Gasteiger partial charge in [-0.05, 0) is 65.2 Å². The number of nitrogens with one attached hydrogen (secondary N) is 2. The Balaban J connectivity index is 1.28. The fraction of sp³-hybridized carbons (Fsp3) is 0.0667. The molecule has 8 heteroatoms. The van der Waals surface area contributed by atoms with Crippen molar-refractivity contribution in [1.82, 2.24) is 10.7 Å². The number of nitrogens with zero attached hydrogens (tertiary/aromatic N) is 1. The van der Waals surface area contributed by atoms with Crippen LogP contribution in [-0.4, -0.2) is 30.5 Å². The average Bonchev–Trinajstić information content (AvgIpc) is 2.94. The Morgan fingerprint density at radius 1 is 0.789 bits per heavy atom. The molecule has 0 fully saturated rings. The topological polar surface area (TPSA) is 96.9 Å². The van der Waals surface area contributed by atoms with Gasteiger partial charge in [0.2, 0.25) is 5.91 Å². The van der Waals surface area contributed by atoms with Gasteiger partial charge < -0.3 is 10.1 Å². The molecule has 2 N–H and O–H groups in total. The van der Waals surface area contributed by atoms with Crippen molar-refractivity contribution in [3.8, 4) is 5.75 Å². The Bertz CT molecular complexity index is 1370. The van der Waals surface area contributed by atoms with Crippen LogP contribution in [-0.2, 0) is 9.59 Å². The van der Waals surface area contributed by atoms with Crippen molar-refractivity contribution >= 4 is 39.9 Å². The molecule has 0 aromatic heterocycles. The van der Waals surface area contributed by atoms with E-state index in [1.165, 1.54) is 6.21 Å². The van der Waals surface area contributed by atoms with Crippen molar-refractivity contribution in [2.45, 2.75) is 5.92 Å². The molecule has 4 aromatic rings. The predicted molar refractivity (Wildman–Crippen MR) is 149 cm³/mol. The zero-order valence-corrected chi connectivity index (χ0v) is 21.8. The van der Waals surface area contributed by atoms with Crippen LogP contribution in [0.5, 0.6) is 5.75 Å². The molecule has 38 heavy (non-hydrogen) atoms. The van der Waals surface area contributed by atoms with Gasteiger partial charge in [-0.15, -0.1) is 0 Å². The molecular weight excluding hydrogens is 546 g/mol. The normalized spacial score (nSPS) is 10.8. The molecule has 0 saturated carbocycles. The highest BCUT2D eigenvalue weighted by atomic mass is 79.9. The van der Waals surface area contributed by atoms with Gasteiger partial charge in [0.05, 0.1) is 24.2 Å². The smallest absolute Gasteiger partial charge is 0.343 e. The van der Waals surface area contributed by atoms with E-state index in [0.717, 1.165) is 15.6 Å². The number of hydrogen-bond donors (Lipinski definition) is 2. The quantitative estimate of drug-likeness (QED) is 0.127. The first-order valence-electron chi connectivity index (χ1n) is 11.8. The first-order chi connectivity index (χ1) is 18.5. The summed E-state index contributed by atoms with van der Waals surface area (Å²) < 4.78 is 6.24. The molecule has 0 bridgehead atoms. The molecule has 2 amide bonds. The van der Waals surface area contributed by atoms with E-state index in [4.69, 9.17) is 4.74 Å². The van der Waals surface area contributed by atoms with Crippen molar-refractivity contribution in [3.63, 3.8) is 0 Å². The Hall–Kier alpha value is -4.56. The number of hydrogen-bond acceptors (Lipinski definition) is 5. The molecular formula is C30H24BrN3O4. The summed E-state index contributed by atoms with van der Waals surface area (Å²) in [5, 5.41) is 6.63. The van der Waals surface area contributed by atoms with Gasteiger partial charge >= 0.3 is 5.97 Å². The molecule has 7 nitrogen and oxygen atoms in total. The predicted octanol–water partition coefficient (Wildman–Crippen LogP) is 5.07. The summed E-state index contributed by atoms with van der Waals surface area (Å²) >= 11 is 3.33. The van der Waals surface area contributed by atoms with Crippen LogP contribution in [0.25, 0.3) is 0 Å². The molecule has 0 saturated heterocycles. The summed E-state index contributed by atoms with van der Waals surface area (Å²) in [6.45, 7) is -0.225. The Kier molecular flexibility index (Phi) is 9.15. The molecule has 0 unspecified atom stereocenters. The maximum atomic E-state index is 13.0. The van der Waals surface area contributed by atoms with Crippen LogP contribution in [0.3, 0.4) is 0 Å². The van der Waals surface area contributed by atoms with Gasteiger partial charge in [0.1, 0.15) is 5.75 Å². The van der Waals surface area contributed by atoms with E-state index in [1.807, 2.05) is 60.7 Å². The lowest BCUT2D eigenvalue weighted by atomic mass is 9.90. The van der Waals surface area contributed by atoms with Crippen LogP contribution in [0.15, 0.2) is 119 Å². The van der Waals surface area contributed by atoms with Crippen LogP contribution in [0.1, 0.15) is 33.0 Å². The van der Waals surface area contributed by atoms with Crippen molar-refractivity contribution in [1.29, 1.82) is 0 Å². The molecule has 0 aliphatic rings. The zero-order valence-electron chi connectivity index (χ0n) is 20.2. The minimum atomic E-state index is -0.537. The Morgan fingerprint density at radius 3 is 1.95 bits per heavy atom. The molecule has 4 aromatic carbocycles. The van der Waals surface area contributed by atoms with Gasteiger partial charge in [-0.1, -0.05) is 76.6 Å². The molecule has 0 atom stereocenters. The molecule has 0 aliphatic carbocycles. The second-order valence-corrected chi connectivity index (χ2v) is 9.15. The van der Waals surface area contributed by atoms with E-state index in [1.54, 1.807) is 48.5 Å². The average molecular weight is 570 g/mol. The van der Waals surface area contributed by atoms with E-state index >= 15 is 0 Å². The fourth-order valence-corrected chi connectivity index (χ4v) is 3.91. The van der Waals surface area contributed by atoms with Gasteiger partial charge in [0.15, 0.2) is 0 Å². The second-order valence-electron chi connectivity index (χ2n) is 8.23. The fourth-order valence-electron chi connectivity index (χ4n) is 3.65. The number of halogens is 1. The van der Waals surface area contributed by atoms with Gasteiger partial charge in [-0.3, -0.25) is 9.59 Å².